The van der Waals surface area contributed by atoms with Crippen LogP contribution in [0.3, 0.4) is 0 Å². The summed E-state index contributed by atoms with van der Waals surface area (Å²) in [6, 6.07) is 12.4. The lowest BCUT2D eigenvalue weighted by Gasteiger charge is -2.06. The number of methoxy groups -OCH3 is 1. The Balaban J connectivity index is 2.20. The smallest absolute Gasteiger partial charge is 0.186 e. The maximum atomic E-state index is 7.86. The summed E-state index contributed by atoms with van der Waals surface area (Å²) >= 11 is 0. The van der Waals surface area contributed by atoms with Gasteiger partial charge in [-0.3, -0.25) is 5.41 Å². The molecule has 3 rings (SSSR count). The third-order valence-corrected chi connectivity index (χ3v) is 3.78. The van der Waals surface area contributed by atoms with E-state index >= 15 is 0 Å². The van der Waals surface area contributed by atoms with Gasteiger partial charge >= 0.3 is 0 Å². The van der Waals surface area contributed by atoms with E-state index in [0.29, 0.717) is 6.42 Å². The molecule has 4 nitrogen and oxygen atoms in total. The Hall–Kier alpha value is -2.62. The molecule has 0 aliphatic rings. The van der Waals surface area contributed by atoms with Gasteiger partial charge in [-0.05, 0) is 31.5 Å². The summed E-state index contributed by atoms with van der Waals surface area (Å²) < 4.78 is 7.09. The van der Waals surface area contributed by atoms with Gasteiger partial charge in [0.2, 0.25) is 0 Å². The Morgan fingerprint density at radius 2 is 1.86 bits per heavy atom. The van der Waals surface area contributed by atoms with E-state index in [1.54, 1.807) is 0 Å². The Kier molecular flexibility index (Phi) is 3.67. The molecule has 0 radical (unpaired) electrons. The number of hydrogen-bond donors (Lipinski definition) is 1. The van der Waals surface area contributed by atoms with Gasteiger partial charge < -0.3 is 9.14 Å². The maximum absolute atomic E-state index is 7.86. The molecular formula is C18H19N3O. The van der Waals surface area contributed by atoms with Gasteiger partial charge in [-0.25, -0.2) is 4.98 Å². The molecule has 0 aliphatic carbocycles. The zero-order valence-corrected chi connectivity index (χ0v) is 13.1. The summed E-state index contributed by atoms with van der Waals surface area (Å²) in [5.41, 5.74) is 6.23. The van der Waals surface area contributed by atoms with Gasteiger partial charge in [0.15, 0.2) is 5.90 Å². The first-order valence-corrected chi connectivity index (χ1v) is 7.24. The van der Waals surface area contributed by atoms with Gasteiger partial charge in [0, 0.05) is 11.8 Å². The molecule has 0 unspecified atom stereocenters. The molecule has 0 amide bonds. The summed E-state index contributed by atoms with van der Waals surface area (Å²) in [5.74, 6) is 0.232. The monoisotopic (exact) mass is 293 g/mol. The van der Waals surface area contributed by atoms with Crippen LogP contribution in [-0.2, 0) is 11.2 Å². The molecule has 1 N–H and O–H groups in total. The van der Waals surface area contributed by atoms with Crippen LogP contribution in [0.2, 0.25) is 0 Å². The molecule has 0 aliphatic heterocycles. The Morgan fingerprint density at radius 3 is 2.55 bits per heavy atom. The second-order valence-electron chi connectivity index (χ2n) is 5.51. The van der Waals surface area contributed by atoms with Crippen LogP contribution >= 0.6 is 0 Å². The van der Waals surface area contributed by atoms with Crippen molar-refractivity contribution >= 4 is 11.5 Å². The number of fused-ring (bicyclic) bond motifs is 1. The average molecular weight is 293 g/mol. The fourth-order valence-electron chi connectivity index (χ4n) is 2.53. The molecule has 22 heavy (non-hydrogen) atoms. The van der Waals surface area contributed by atoms with E-state index in [9.17, 15) is 0 Å². The van der Waals surface area contributed by atoms with Gasteiger partial charge in [-0.1, -0.05) is 29.8 Å². The molecule has 0 atom stereocenters. The minimum absolute atomic E-state index is 0.232. The quantitative estimate of drug-likeness (QED) is 0.590. The number of aromatic nitrogens is 2. The zero-order valence-electron chi connectivity index (χ0n) is 13.1. The SMILES string of the molecule is COC(=N)Cc1c(-c2ccc(C)cc2)nc2cc(C)ccn12. The number of rotatable bonds is 3. The van der Waals surface area contributed by atoms with E-state index < -0.39 is 0 Å². The lowest BCUT2D eigenvalue weighted by atomic mass is 10.1. The van der Waals surface area contributed by atoms with Gasteiger partial charge in [-0.2, -0.15) is 0 Å². The fourth-order valence-corrected chi connectivity index (χ4v) is 2.53. The Bertz CT molecular complexity index is 831. The summed E-state index contributed by atoms with van der Waals surface area (Å²) in [7, 11) is 1.53. The van der Waals surface area contributed by atoms with Crippen molar-refractivity contribution in [3.63, 3.8) is 0 Å². The molecule has 112 valence electrons. The second kappa shape index (κ2) is 5.64. The van der Waals surface area contributed by atoms with Crippen molar-refractivity contribution in [2.75, 3.05) is 7.11 Å². The van der Waals surface area contributed by atoms with Crippen LogP contribution in [-0.4, -0.2) is 22.4 Å². The highest BCUT2D eigenvalue weighted by Gasteiger charge is 2.16. The lowest BCUT2D eigenvalue weighted by Crippen LogP contribution is -2.07. The highest BCUT2D eigenvalue weighted by molar-refractivity contribution is 5.79. The summed E-state index contributed by atoms with van der Waals surface area (Å²) in [6.07, 6.45) is 2.43. The number of ether oxygens (including phenoxy) is 1. The normalized spacial score (nSPS) is 10.9. The van der Waals surface area contributed by atoms with Crippen LogP contribution in [0.25, 0.3) is 16.9 Å². The van der Waals surface area contributed by atoms with Gasteiger partial charge in [0.1, 0.15) is 5.65 Å². The third kappa shape index (κ3) is 2.60. The Morgan fingerprint density at radius 1 is 1.14 bits per heavy atom. The van der Waals surface area contributed by atoms with Crippen LogP contribution in [0.1, 0.15) is 16.8 Å². The molecule has 3 aromatic rings. The number of benzene rings is 1. The van der Waals surface area contributed by atoms with Crippen LogP contribution < -0.4 is 0 Å². The standard InChI is InChI=1S/C18H19N3O/c1-12-4-6-14(7-5-12)18-15(11-16(19)22-3)21-9-8-13(2)10-17(21)20-18/h4-10,19H,11H2,1-3H3. The number of pyridine rings is 1. The highest BCUT2D eigenvalue weighted by atomic mass is 16.5. The molecule has 0 bridgehead atoms. The number of aryl methyl sites for hydroxylation is 2. The van der Waals surface area contributed by atoms with Crippen molar-refractivity contribution in [3.8, 4) is 11.3 Å². The van der Waals surface area contributed by atoms with Crippen molar-refractivity contribution in [2.45, 2.75) is 20.3 Å². The number of hydrogen-bond acceptors (Lipinski definition) is 3. The average Bonchev–Trinajstić information content (AvgIpc) is 2.85. The van der Waals surface area contributed by atoms with Gasteiger partial charge in [-0.15, -0.1) is 0 Å². The van der Waals surface area contributed by atoms with E-state index in [1.807, 2.05) is 16.7 Å². The van der Waals surface area contributed by atoms with Crippen molar-refractivity contribution < 1.29 is 4.74 Å². The molecule has 1 aromatic carbocycles. The molecular weight excluding hydrogens is 274 g/mol. The van der Waals surface area contributed by atoms with E-state index in [1.165, 1.54) is 18.2 Å². The number of nitrogens with one attached hydrogen (secondary N) is 1. The molecule has 4 heteroatoms. The summed E-state index contributed by atoms with van der Waals surface area (Å²) in [5, 5.41) is 7.86. The van der Waals surface area contributed by atoms with Crippen molar-refractivity contribution in [3.05, 3.63) is 59.4 Å². The molecule has 2 aromatic heterocycles. The maximum Gasteiger partial charge on any atom is 0.186 e. The van der Waals surface area contributed by atoms with Crippen molar-refractivity contribution in [1.29, 1.82) is 5.41 Å². The first kappa shape index (κ1) is 14.3. The molecule has 0 saturated carbocycles. The Labute approximate surface area is 129 Å². The van der Waals surface area contributed by atoms with Crippen LogP contribution in [0.5, 0.6) is 0 Å². The van der Waals surface area contributed by atoms with Crippen molar-refractivity contribution in [2.24, 2.45) is 0 Å². The van der Waals surface area contributed by atoms with Crippen molar-refractivity contribution in [1.82, 2.24) is 9.38 Å². The third-order valence-electron chi connectivity index (χ3n) is 3.78. The van der Waals surface area contributed by atoms with Crippen LogP contribution in [0.15, 0.2) is 42.6 Å². The van der Waals surface area contributed by atoms with Crippen LogP contribution in [0, 0.1) is 19.3 Å². The molecule has 0 spiro atoms. The second-order valence-corrected chi connectivity index (χ2v) is 5.51. The van der Waals surface area contributed by atoms with Gasteiger partial charge in [0.05, 0.1) is 24.9 Å². The lowest BCUT2D eigenvalue weighted by molar-refractivity contribution is 0.389. The fraction of sp³-hybridized carbons (Fsp3) is 0.222. The molecule has 0 saturated heterocycles. The first-order valence-electron chi connectivity index (χ1n) is 7.24. The van der Waals surface area contributed by atoms with Crippen LogP contribution in [0.4, 0.5) is 0 Å². The minimum Gasteiger partial charge on any atom is -0.484 e. The first-order chi connectivity index (χ1) is 10.6. The van der Waals surface area contributed by atoms with E-state index in [4.69, 9.17) is 15.1 Å². The predicted molar refractivity (Wildman–Crippen MR) is 88.5 cm³/mol. The van der Waals surface area contributed by atoms with E-state index in [2.05, 4.69) is 44.2 Å². The largest absolute Gasteiger partial charge is 0.484 e. The van der Waals surface area contributed by atoms with E-state index in [0.717, 1.165) is 22.6 Å². The predicted octanol–water partition coefficient (Wildman–Crippen LogP) is 3.78. The topological polar surface area (TPSA) is 50.4 Å². The minimum atomic E-state index is 0.232. The zero-order chi connectivity index (χ0) is 15.7. The summed E-state index contributed by atoms with van der Waals surface area (Å²) in [4.78, 5) is 4.77. The molecule has 2 heterocycles. The summed E-state index contributed by atoms with van der Waals surface area (Å²) in [6.45, 7) is 4.12. The van der Waals surface area contributed by atoms with Gasteiger partial charge in [0.25, 0.3) is 0 Å². The molecule has 0 fully saturated rings. The highest BCUT2D eigenvalue weighted by Crippen LogP contribution is 2.26. The number of nitrogens with zero attached hydrogens (tertiary/aromatic N) is 2. The van der Waals surface area contributed by atoms with E-state index in [-0.39, 0.29) is 5.90 Å². The number of imidazole rings is 1.